The van der Waals surface area contributed by atoms with Crippen LogP contribution < -0.4 is 37.7 Å². The van der Waals surface area contributed by atoms with Crippen molar-refractivity contribution in [2.45, 2.75) is 24.2 Å². The van der Waals surface area contributed by atoms with Crippen molar-refractivity contribution in [1.82, 2.24) is 0 Å². The number of allylic oxidation sites excluding steroid dienone is 2. The molecular formula is C20H18Li2Si. The van der Waals surface area contributed by atoms with E-state index in [1.807, 2.05) is 0 Å². The van der Waals surface area contributed by atoms with E-state index in [4.69, 9.17) is 0 Å². The molecule has 0 saturated heterocycles. The van der Waals surface area contributed by atoms with E-state index in [1.54, 1.807) is 0 Å². The van der Waals surface area contributed by atoms with Crippen LogP contribution in [0.1, 0.15) is 33.3 Å². The van der Waals surface area contributed by atoms with Crippen LogP contribution in [0.25, 0.3) is 12.2 Å². The summed E-state index contributed by atoms with van der Waals surface area (Å²) in [5.41, 5.74) is 6.54. The predicted octanol–water partition coefficient (Wildman–Crippen LogP) is -0.991. The Morgan fingerprint density at radius 3 is 1.52 bits per heavy atom. The summed E-state index contributed by atoms with van der Waals surface area (Å²) in [6, 6.07) is 17.5. The van der Waals surface area contributed by atoms with Crippen molar-refractivity contribution in [3.8, 4) is 0 Å². The summed E-state index contributed by atoms with van der Waals surface area (Å²) >= 11 is 0. The maximum Gasteiger partial charge on any atom is 1.00 e. The second-order valence-electron chi connectivity index (χ2n) is 6.57. The molecule has 0 amide bonds. The van der Waals surface area contributed by atoms with Gasteiger partial charge in [-0.2, -0.15) is 11.1 Å². The van der Waals surface area contributed by atoms with Crippen LogP contribution in [0.5, 0.6) is 0 Å². The first kappa shape index (κ1) is 18.7. The zero-order valence-electron chi connectivity index (χ0n) is 14.4. The van der Waals surface area contributed by atoms with E-state index >= 15 is 0 Å². The van der Waals surface area contributed by atoms with Crippen LogP contribution in [-0.2, 0) is 0 Å². The molecule has 4 rings (SSSR count). The Hall–Kier alpha value is -0.668. The number of fused-ring (bicyclic) bond motifs is 2. The maximum atomic E-state index is 3.65. The van der Waals surface area contributed by atoms with Crippen molar-refractivity contribution in [2.75, 3.05) is 0 Å². The summed E-state index contributed by atoms with van der Waals surface area (Å²) < 4.78 is 0. The molecule has 0 bridgehead atoms. The molecule has 0 spiro atoms. The first-order valence-corrected chi connectivity index (χ1v) is 10.7. The van der Waals surface area contributed by atoms with Crippen molar-refractivity contribution < 1.29 is 37.7 Å². The summed E-state index contributed by atoms with van der Waals surface area (Å²) in [5, 5.41) is 0. The van der Waals surface area contributed by atoms with Crippen LogP contribution in [0.2, 0.25) is 13.1 Å². The van der Waals surface area contributed by atoms with Gasteiger partial charge in [-0.25, -0.2) is 12.2 Å². The van der Waals surface area contributed by atoms with E-state index in [1.165, 1.54) is 22.3 Å². The molecule has 0 saturated carbocycles. The van der Waals surface area contributed by atoms with E-state index in [-0.39, 0.29) is 37.7 Å². The molecule has 23 heavy (non-hydrogen) atoms. The van der Waals surface area contributed by atoms with Crippen LogP contribution in [0, 0.1) is 12.2 Å². The fourth-order valence-electron chi connectivity index (χ4n) is 3.73. The molecule has 2 unspecified atom stereocenters. The molecule has 2 aliphatic carbocycles. The Kier molecular flexibility index (Phi) is 5.73. The molecule has 0 aromatic heterocycles. The van der Waals surface area contributed by atoms with Gasteiger partial charge in [-0.05, 0) is 0 Å². The van der Waals surface area contributed by atoms with Crippen molar-refractivity contribution in [3.05, 3.63) is 82.9 Å². The molecule has 0 N–H and O–H groups in total. The molecule has 3 heteroatoms. The predicted molar refractivity (Wildman–Crippen MR) is 91.3 cm³/mol. The van der Waals surface area contributed by atoms with Gasteiger partial charge in [0, 0.05) is 8.07 Å². The Labute approximate surface area is 164 Å². The summed E-state index contributed by atoms with van der Waals surface area (Å²) in [4.78, 5) is 0. The fraction of sp³-hybridized carbons (Fsp3) is 0.200. The maximum absolute atomic E-state index is 3.65. The zero-order valence-corrected chi connectivity index (χ0v) is 15.4. The first-order valence-electron chi connectivity index (χ1n) is 7.54. The van der Waals surface area contributed by atoms with E-state index in [9.17, 15) is 0 Å². The Bertz CT molecular complexity index is 698. The Morgan fingerprint density at radius 2 is 1.09 bits per heavy atom. The zero-order chi connectivity index (χ0) is 14.4. The topological polar surface area (TPSA) is 0 Å². The number of benzene rings is 2. The summed E-state index contributed by atoms with van der Waals surface area (Å²) in [5.74, 6) is 0. The van der Waals surface area contributed by atoms with Gasteiger partial charge in [0.2, 0.25) is 0 Å². The van der Waals surface area contributed by atoms with Gasteiger partial charge < -0.3 is 0 Å². The molecule has 2 aromatic carbocycles. The van der Waals surface area contributed by atoms with Gasteiger partial charge in [0.15, 0.2) is 0 Å². The van der Waals surface area contributed by atoms with Crippen molar-refractivity contribution >= 4 is 20.2 Å². The fourth-order valence-corrected chi connectivity index (χ4v) is 7.22. The van der Waals surface area contributed by atoms with E-state index in [0.29, 0.717) is 11.1 Å². The summed E-state index contributed by atoms with van der Waals surface area (Å²) in [6.45, 7) is 4.96. The average Bonchev–Trinajstić information content (AvgIpc) is 3.12. The van der Waals surface area contributed by atoms with Gasteiger partial charge >= 0.3 is 37.7 Å². The first-order chi connectivity index (χ1) is 10.2. The van der Waals surface area contributed by atoms with Gasteiger partial charge in [-0.1, -0.05) is 60.6 Å². The quantitative estimate of drug-likeness (QED) is 0.493. The monoisotopic (exact) mass is 300 g/mol. The third-order valence-corrected chi connectivity index (χ3v) is 8.84. The van der Waals surface area contributed by atoms with Crippen LogP contribution in [0.15, 0.2) is 48.5 Å². The van der Waals surface area contributed by atoms with Gasteiger partial charge in [0.05, 0.1) is 0 Å². The normalized spacial score (nSPS) is 20.4. The summed E-state index contributed by atoms with van der Waals surface area (Å²) in [7, 11) is -1.62. The molecule has 2 aliphatic rings. The van der Waals surface area contributed by atoms with E-state index in [2.05, 4.69) is 85.9 Å². The van der Waals surface area contributed by atoms with Crippen molar-refractivity contribution in [1.29, 1.82) is 0 Å². The minimum absolute atomic E-state index is 0. The minimum atomic E-state index is -1.62. The van der Waals surface area contributed by atoms with E-state index in [0.717, 1.165) is 0 Å². The molecule has 0 nitrogen and oxygen atoms in total. The molecular weight excluding hydrogens is 282 g/mol. The smallest absolute Gasteiger partial charge is 0.271 e. The average molecular weight is 300 g/mol. The van der Waals surface area contributed by atoms with Gasteiger partial charge in [-0.15, -0.1) is 23.3 Å². The standard InChI is InChI=1S/C20H18Si.2Li/c1-21(2,19-13-11-15-7-3-5-9-17(15)19)20-14-12-16-8-4-6-10-18(16)20;;/h3-12,19-20H,1-2H3;;/q-2;2*+1. The Morgan fingerprint density at radius 1 is 0.696 bits per heavy atom. The second kappa shape index (κ2) is 7.06. The SMILES string of the molecule is C[Si](C)(C1[C-]=Cc2ccccc21)C1[C-]=Cc2ccccc21.[Li+].[Li+]. The molecule has 0 aliphatic heterocycles. The molecule has 0 fully saturated rings. The minimum Gasteiger partial charge on any atom is -0.271 e. The second-order valence-corrected chi connectivity index (χ2v) is 11.4. The third kappa shape index (κ3) is 3.03. The van der Waals surface area contributed by atoms with Gasteiger partial charge in [0.25, 0.3) is 0 Å². The van der Waals surface area contributed by atoms with Crippen LogP contribution in [-0.4, -0.2) is 8.07 Å². The number of hydrogen-bond acceptors (Lipinski definition) is 0. The number of rotatable bonds is 2. The summed E-state index contributed by atoms with van der Waals surface area (Å²) in [6.07, 6.45) is 11.7. The molecule has 2 aromatic rings. The van der Waals surface area contributed by atoms with Gasteiger partial charge in [0.1, 0.15) is 0 Å². The largest absolute Gasteiger partial charge is 1.00 e. The van der Waals surface area contributed by atoms with Crippen molar-refractivity contribution in [3.63, 3.8) is 0 Å². The Balaban J connectivity index is 0.000000960. The van der Waals surface area contributed by atoms with E-state index < -0.39 is 8.07 Å². The molecule has 2 atom stereocenters. The van der Waals surface area contributed by atoms with Crippen molar-refractivity contribution in [2.24, 2.45) is 0 Å². The van der Waals surface area contributed by atoms with Gasteiger partial charge in [-0.3, -0.25) is 12.2 Å². The van der Waals surface area contributed by atoms with Crippen LogP contribution in [0.4, 0.5) is 0 Å². The third-order valence-electron chi connectivity index (χ3n) is 4.91. The van der Waals surface area contributed by atoms with Crippen LogP contribution in [0.3, 0.4) is 0 Å². The number of hydrogen-bond donors (Lipinski definition) is 0. The molecule has 0 heterocycles. The van der Waals surface area contributed by atoms with Crippen LogP contribution >= 0.6 is 0 Å². The molecule has 0 radical (unpaired) electrons. The molecule has 104 valence electrons.